The van der Waals surface area contributed by atoms with Crippen molar-refractivity contribution in [3.05, 3.63) is 6.42 Å². The van der Waals surface area contributed by atoms with Gasteiger partial charge in [-0.2, -0.15) is 0 Å². The molecule has 0 bridgehead atoms. The van der Waals surface area contributed by atoms with Gasteiger partial charge in [-0.25, -0.2) is 0 Å². The standard InChI is InChI=1S/C16H32Cl/c1-2-3-4-5-6-7-8-9-10-11-12-13-14-15-16-17/h12H,2-11,13-16H2,1H3. The van der Waals surface area contributed by atoms with Gasteiger partial charge < -0.3 is 0 Å². The Balaban J connectivity index is 2.85. The highest BCUT2D eigenvalue weighted by atomic mass is 35.5. The van der Waals surface area contributed by atoms with Gasteiger partial charge in [-0.3, -0.25) is 0 Å². The van der Waals surface area contributed by atoms with Gasteiger partial charge >= 0.3 is 0 Å². The van der Waals surface area contributed by atoms with Crippen molar-refractivity contribution in [1.82, 2.24) is 0 Å². The fourth-order valence-corrected chi connectivity index (χ4v) is 2.32. The molecule has 0 nitrogen and oxygen atoms in total. The van der Waals surface area contributed by atoms with Crippen LogP contribution in [-0.2, 0) is 0 Å². The average Bonchev–Trinajstić information content (AvgIpc) is 2.35. The zero-order chi connectivity index (χ0) is 12.6. The first kappa shape index (κ1) is 17.3. The molecule has 103 valence electrons. The monoisotopic (exact) mass is 259 g/mol. The molecule has 0 fully saturated rings. The lowest BCUT2D eigenvalue weighted by atomic mass is 10.0. The first-order valence-electron chi connectivity index (χ1n) is 7.79. The Morgan fingerprint density at radius 2 is 1.12 bits per heavy atom. The molecule has 17 heavy (non-hydrogen) atoms. The SMILES string of the molecule is CCCCCCCCCCC[CH]CCCCCl. The summed E-state index contributed by atoms with van der Waals surface area (Å²) in [7, 11) is 0. The van der Waals surface area contributed by atoms with E-state index >= 15 is 0 Å². The second-order valence-corrected chi connectivity index (χ2v) is 5.47. The van der Waals surface area contributed by atoms with Crippen molar-refractivity contribution < 1.29 is 0 Å². The zero-order valence-electron chi connectivity index (χ0n) is 11.9. The first-order chi connectivity index (χ1) is 8.41. The van der Waals surface area contributed by atoms with Crippen molar-refractivity contribution in [3.8, 4) is 0 Å². The van der Waals surface area contributed by atoms with Gasteiger partial charge in [0.1, 0.15) is 0 Å². The lowest BCUT2D eigenvalue weighted by Gasteiger charge is -2.02. The van der Waals surface area contributed by atoms with E-state index in [1.54, 1.807) is 0 Å². The number of halogens is 1. The normalized spacial score (nSPS) is 10.9. The molecule has 0 aromatic carbocycles. The Labute approximate surface area is 115 Å². The topological polar surface area (TPSA) is 0 Å². The summed E-state index contributed by atoms with van der Waals surface area (Å²) in [4.78, 5) is 0. The fourth-order valence-electron chi connectivity index (χ4n) is 2.13. The highest BCUT2D eigenvalue weighted by Crippen LogP contribution is 2.12. The Morgan fingerprint density at radius 1 is 0.647 bits per heavy atom. The summed E-state index contributed by atoms with van der Waals surface area (Å²) < 4.78 is 0. The van der Waals surface area contributed by atoms with Crippen molar-refractivity contribution in [3.63, 3.8) is 0 Å². The molecule has 0 rings (SSSR count). The number of unbranched alkanes of at least 4 members (excludes halogenated alkanes) is 13. The molecule has 0 heterocycles. The summed E-state index contributed by atoms with van der Waals surface area (Å²) in [6.45, 7) is 2.28. The van der Waals surface area contributed by atoms with Crippen LogP contribution in [0.15, 0.2) is 0 Å². The van der Waals surface area contributed by atoms with E-state index in [2.05, 4.69) is 13.3 Å². The highest BCUT2D eigenvalue weighted by Gasteiger charge is 1.93. The van der Waals surface area contributed by atoms with Crippen LogP contribution in [0.2, 0.25) is 0 Å². The fraction of sp³-hybridized carbons (Fsp3) is 0.938. The molecule has 0 saturated carbocycles. The van der Waals surface area contributed by atoms with E-state index < -0.39 is 0 Å². The maximum atomic E-state index is 5.63. The summed E-state index contributed by atoms with van der Waals surface area (Å²) in [6, 6.07) is 0. The van der Waals surface area contributed by atoms with Gasteiger partial charge in [-0.1, -0.05) is 84.0 Å². The van der Waals surface area contributed by atoms with E-state index in [1.165, 1.54) is 83.5 Å². The Morgan fingerprint density at radius 3 is 1.65 bits per heavy atom. The second kappa shape index (κ2) is 16.3. The number of alkyl halides is 1. The van der Waals surface area contributed by atoms with Crippen LogP contribution in [0.5, 0.6) is 0 Å². The number of hydrogen-bond acceptors (Lipinski definition) is 0. The average molecular weight is 260 g/mol. The maximum Gasteiger partial charge on any atom is 0.0223 e. The summed E-state index contributed by atoms with van der Waals surface area (Å²) in [5, 5.41) is 0. The summed E-state index contributed by atoms with van der Waals surface area (Å²) in [6.07, 6.45) is 20.4. The van der Waals surface area contributed by atoms with Gasteiger partial charge in [0.2, 0.25) is 0 Å². The van der Waals surface area contributed by atoms with Crippen LogP contribution in [-0.4, -0.2) is 5.88 Å². The van der Waals surface area contributed by atoms with Gasteiger partial charge in [-0.05, 0) is 12.8 Å². The van der Waals surface area contributed by atoms with Crippen molar-refractivity contribution in [2.45, 2.75) is 90.4 Å². The van der Waals surface area contributed by atoms with Crippen molar-refractivity contribution >= 4 is 11.6 Å². The largest absolute Gasteiger partial charge is 0.127 e. The van der Waals surface area contributed by atoms with Crippen molar-refractivity contribution in [2.75, 3.05) is 5.88 Å². The van der Waals surface area contributed by atoms with Crippen LogP contribution in [0.3, 0.4) is 0 Å². The minimum Gasteiger partial charge on any atom is -0.127 e. The molecular formula is C16H32Cl. The molecule has 0 amide bonds. The summed E-state index contributed by atoms with van der Waals surface area (Å²) in [5.74, 6) is 0.825. The molecule has 0 unspecified atom stereocenters. The Bertz CT molecular complexity index is 109. The number of hydrogen-bond donors (Lipinski definition) is 0. The number of rotatable bonds is 14. The quantitative estimate of drug-likeness (QED) is 0.246. The van der Waals surface area contributed by atoms with Crippen LogP contribution in [0.25, 0.3) is 0 Å². The molecule has 1 radical (unpaired) electrons. The molecule has 0 saturated heterocycles. The van der Waals surface area contributed by atoms with Gasteiger partial charge in [-0.15, -0.1) is 11.6 Å². The van der Waals surface area contributed by atoms with Crippen LogP contribution < -0.4 is 0 Å². The smallest absolute Gasteiger partial charge is 0.0223 e. The van der Waals surface area contributed by atoms with Gasteiger partial charge in [0.15, 0.2) is 0 Å². The van der Waals surface area contributed by atoms with Crippen LogP contribution >= 0.6 is 11.6 Å². The van der Waals surface area contributed by atoms with E-state index in [-0.39, 0.29) is 0 Å². The van der Waals surface area contributed by atoms with Crippen LogP contribution in [0.4, 0.5) is 0 Å². The summed E-state index contributed by atoms with van der Waals surface area (Å²) in [5.41, 5.74) is 0. The van der Waals surface area contributed by atoms with E-state index in [4.69, 9.17) is 11.6 Å². The lowest BCUT2D eigenvalue weighted by molar-refractivity contribution is 0.561. The first-order valence-corrected chi connectivity index (χ1v) is 8.33. The summed E-state index contributed by atoms with van der Waals surface area (Å²) >= 11 is 5.63. The highest BCUT2D eigenvalue weighted by molar-refractivity contribution is 6.17. The third-order valence-corrected chi connectivity index (χ3v) is 3.57. The molecule has 0 aliphatic carbocycles. The third kappa shape index (κ3) is 16.3. The molecular weight excluding hydrogens is 228 g/mol. The third-order valence-electron chi connectivity index (χ3n) is 3.30. The van der Waals surface area contributed by atoms with Crippen molar-refractivity contribution in [1.29, 1.82) is 0 Å². The van der Waals surface area contributed by atoms with Gasteiger partial charge in [0.25, 0.3) is 0 Å². The van der Waals surface area contributed by atoms with E-state index in [0.717, 1.165) is 5.88 Å². The predicted molar refractivity (Wildman–Crippen MR) is 80.7 cm³/mol. The molecule has 0 spiro atoms. The minimum atomic E-state index is 0.825. The van der Waals surface area contributed by atoms with E-state index in [9.17, 15) is 0 Å². The second-order valence-electron chi connectivity index (χ2n) is 5.09. The molecule has 0 N–H and O–H groups in total. The lowest BCUT2D eigenvalue weighted by Crippen LogP contribution is -1.84. The Hall–Kier alpha value is 0.290. The maximum absolute atomic E-state index is 5.63. The zero-order valence-corrected chi connectivity index (χ0v) is 12.6. The molecule has 0 aromatic rings. The molecule has 0 aromatic heterocycles. The predicted octanol–water partition coefficient (Wildman–Crippen LogP) is 6.52. The van der Waals surface area contributed by atoms with E-state index in [0.29, 0.717) is 0 Å². The van der Waals surface area contributed by atoms with Crippen molar-refractivity contribution in [2.24, 2.45) is 0 Å². The van der Waals surface area contributed by atoms with Crippen LogP contribution in [0, 0.1) is 6.42 Å². The molecule has 0 atom stereocenters. The molecule has 0 aliphatic heterocycles. The molecule has 0 aliphatic rings. The molecule has 1 heteroatoms. The minimum absolute atomic E-state index is 0.825. The van der Waals surface area contributed by atoms with Gasteiger partial charge in [0.05, 0.1) is 0 Å². The van der Waals surface area contributed by atoms with Gasteiger partial charge in [0, 0.05) is 5.88 Å². The Kier molecular flexibility index (Phi) is 16.6. The van der Waals surface area contributed by atoms with E-state index in [1.807, 2.05) is 0 Å². The van der Waals surface area contributed by atoms with Crippen LogP contribution in [0.1, 0.15) is 90.4 Å².